The van der Waals surface area contributed by atoms with E-state index in [1.807, 2.05) is 0 Å². The van der Waals surface area contributed by atoms with E-state index in [1.165, 1.54) is 74.6 Å². The lowest BCUT2D eigenvalue weighted by atomic mass is 10.1. The number of pyridine rings is 3. The van der Waals surface area contributed by atoms with E-state index in [-0.39, 0.29) is 83.0 Å². The second-order valence-electron chi connectivity index (χ2n) is 30.7. The SMILES string of the molecule is Nc1nc2c(ncn2[C@@H]2OC3COP(O)(=S)O[C@H]4[C@@H](O)[C@H](n5ccc6c(N)ccnc65)O[C@@H]4COP(O)(=S)O[C@@H]2C3)c(=O)[nH]1.Nc1nc2c(ncn2[C@@H]2O[C@@H]3COP(=O)(S)O[C@@H]4C(F)[C@H](n5cnc6c(N)ccnc65)O[C@@H]4COP(O)(=S)OC2[C@H]3O)c(=O)[nH]1.Nc1nc2c(ncn2[C@@H]2O[C@@H]3COP(O)(=S)O[C@@H]4C[C@H](n5cnc6c(N)ccnc65)O[C@@H]4COP(O)(=S)OC2[C@H]3O)c(=O)[nH]1. The van der Waals surface area contributed by atoms with Gasteiger partial charge in [0, 0.05) is 48.7 Å². The maximum Gasteiger partial charge on any atom is 0.386 e. The number of nitrogens with zero attached hydrogens (tertiary/aromatic N) is 17. The highest BCUT2D eigenvalue weighted by Gasteiger charge is 2.57. The average molecular weight is 2090 g/mol. The summed E-state index contributed by atoms with van der Waals surface area (Å²) in [7, 11) is 0. The number of thiol groups is 1. The molecule has 69 heteroatoms. The number of nitrogens with one attached hydrogen (secondary N) is 3. The maximum atomic E-state index is 16.0. The molecule has 10 unspecified atom stereocenters. The molecule has 9 fully saturated rings. The van der Waals surface area contributed by atoms with E-state index in [9.17, 15) is 58.7 Å². The van der Waals surface area contributed by atoms with Crippen molar-refractivity contribution in [3.63, 3.8) is 0 Å². The number of aromatic amines is 3. The van der Waals surface area contributed by atoms with Crippen molar-refractivity contribution in [3.8, 4) is 0 Å². The molecule has 0 spiro atoms. The monoisotopic (exact) mass is 2080 g/mol. The van der Waals surface area contributed by atoms with Gasteiger partial charge in [-0.15, -0.1) is 0 Å². The van der Waals surface area contributed by atoms with Crippen molar-refractivity contribution in [2.45, 2.75) is 148 Å². The Kier molecular flexibility index (Phi) is 25.8. The van der Waals surface area contributed by atoms with Crippen LogP contribution in [0.2, 0.25) is 0 Å². The fourth-order valence-corrected chi connectivity index (χ4v) is 24.9. The van der Waals surface area contributed by atoms with Gasteiger partial charge in [0.1, 0.15) is 102 Å². The predicted molar refractivity (Wildman–Crippen MR) is 475 cm³/mol. The van der Waals surface area contributed by atoms with Crippen LogP contribution in [-0.2, 0) is 146 Å². The van der Waals surface area contributed by atoms with E-state index in [4.69, 9.17) is 176 Å². The Morgan fingerprint density at radius 2 is 0.782 bits per heavy atom. The van der Waals surface area contributed by atoms with Gasteiger partial charge in [0.05, 0.1) is 94.9 Å². The van der Waals surface area contributed by atoms with Crippen LogP contribution >= 0.6 is 52.6 Å². The van der Waals surface area contributed by atoms with Crippen LogP contribution < -0.4 is 51.1 Å². The number of anilines is 6. The third-order valence-electron chi connectivity index (χ3n) is 22.2. The van der Waals surface area contributed by atoms with Crippen LogP contribution in [0.4, 0.5) is 39.3 Å². The number of H-pyrrole nitrogens is 3. The molecule has 21 rings (SSSR count). The first-order chi connectivity index (χ1) is 63.1. The number of aromatic nitrogens is 20. The van der Waals surface area contributed by atoms with E-state index in [1.54, 1.807) is 33.5 Å². The summed E-state index contributed by atoms with van der Waals surface area (Å²) in [6.45, 7) is -27.5. The third-order valence-corrected chi connectivity index (χ3v) is 31.7. The first-order valence-corrected chi connectivity index (χ1v) is 54.8. The van der Waals surface area contributed by atoms with Gasteiger partial charge < -0.3 is 139 Å². The fourth-order valence-electron chi connectivity index (χ4n) is 16.2. The summed E-state index contributed by atoms with van der Waals surface area (Å²) in [5, 5.41) is 34.2. The molecule has 56 nitrogen and oxygen atoms in total. The molecule has 133 heavy (non-hydrogen) atoms. The second-order valence-corrected chi connectivity index (χ2v) is 47.5. The van der Waals surface area contributed by atoms with Gasteiger partial charge in [0.15, 0.2) is 82.1 Å². The van der Waals surface area contributed by atoms with Crippen molar-refractivity contribution >= 4 is 213 Å². The van der Waals surface area contributed by atoms with Crippen LogP contribution in [0.15, 0.2) is 95.1 Å². The molecule has 0 amide bonds. The van der Waals surface area contributed by atoms with Gasteiger partial charge in [-0.2, -0.15) is 15.0 Å². The van der Waals surface area contributed by atoms with Gasteiger partial charge in [0.25, 0.3) is 16.7 Å². The Morgan fingerprint density at radius 3 is 1.31 bits per heavy atom. The van der Waals surface area contributed by atoms with E-state index < -0.39 is 219 Å². The molecule has 9 aliphatic rings. The topological polar surface area (TPSA) is 771 Å². The zero-order chi connectivity index (χ0) is 93.8. The molecule has 12 aromatic rings. The van der Waals surface area contributed by atoms with E-state index >= 15 is 4.39 Å². The number of fused-ring (bicyclic) bond motifs is 15. The molecule has 0 radical (unpaired) electrons. The summed E-state index contributed by atoms with van der Waals surface area (Å²) in [5.41, 5.74) is 36.4. The van der Waals surface area contributed by atoms with Crippen molar-refractivity contribution in [3.05, 3.63) is 112 Å². The second kappa shape index (κ2) is 36.4. The van der Waals surface area contributed by atoms with Gasteiger partial charge in [-0.05, 0) is 83.3 Å². The number of rotatable bonds is 6. The molecule has 28 atom stereocenters. The Hall–Kier alpha value is -7.50. The molecule has 23 N–H and O–H groups in total. The molecule has 6 bridgehead atoms. The van der Waals surface area contributed by atoms with Crippen LogP contribution in [-0.4, -0.2) is 274 Å². The lowest BCUT2D eigenvalue weighted by molar-refractivity contribution is -0.0602. The Bertz CT molecular complexity index is 7050. The lowest BCUT2D eigenvalue weighted by Crippen LogP contribution is -2.36. The minimum atomic E-state index is -4.39. The molecule has 0 aromatic carbocycles. The van der Waals surface area contributed by atoms with E-state index in [0.717, 1.165) is 0 Å². The Morgan fingerprint density at radius 1 is 0.383 bits per heavy atom. The summed E-state index contributed by atoms with van der Waals surface area (Å²) >= 11 is 30.4. The van der Waals surface area contributed by atoms with Crippen LogP contribution in [0.25, 0.3) is 66.9 Å². The van der Waals surface area contributed by atoms with Crippen molar-refractivity contribution in [2.24, 2.45) is 0 Å². The number of ether oxygens (including phenoxy) is 6. The summed E-state index contributed by atoms with van der Waals surface area (Å²) in [6.07, 6.45) is -14.5. The molecular formula is C64H75FN26O30P6S6. The highest BCUT2D eigenvalue weighted by molar-refractivity contribution is 8.44. The van der Waals surface area contributed by atoms with Crippen LogP contribution in [0, 0.1) is 0 Å². The normalized spacial score (nSPS) is 36.9. The average Bonchev–Trinajstić information content (AvgIpc) is 1.53. The molecule has 0 saturated carbocycles. The maximum absolute atomic E-state index is 16.0. The number of alkyl halides is 1. The lowest BCUT2D eigenvalue weighted by Gasteiger charge is -2.28. The number of aliphatic hydroxyl groups is 3. The van der Waals surface area contributed by atoms with Gasteiger partial charge in [-0.3, -0.25) is 74.8 Å². The number of aliphatic hydroxyl groups excluding tert-OH is 3. The summed E-state index contributed by atoms with van der Waals surface area (Å²) in [6, 6.07) is 6.50. The zero-order valence-corrected chi connectivity index (χ0v) is 77.4. The van der Waals surface area contributed by atoms with Crippen LogP contribution in [0.1, 0.15) is 50.2 Å². The quantitative estimate of drug-likeness (QED) is 0.0766. The van der Waals surface area contributed by atoms with Crippen LogP contribution in [0.5, 0.6) is 0 Å². The van der Waals surface area contributed by atoms with Gasteiger partial charge in [-0.1, -0.05) is 12.2 Å². The van der Waals surface area contributed by atoms with Crippen LogP contribution in [0.3, 0.4) is 0 Å². The molecule has 9 saturated heterocycles. The van der Waals surface area contributed by atoms with Crippen molar-refractivity contribution in [1.82, 2.24) is 97.2 Å². The minimum Gasteiger partial charge on any atom is -0.398 e. The van der Waals surface area contributed by atoms with E-state index in [0.29, 0.717) is 44.8 Å². The summed E-state index contributed by atoms with van der Waals surface area (Å²) < 4.78 is 142. The van der Waals surface area contributed by atoms with Crippen molar-refractivity contribution in [1.29, 1.82) is 0 Å². The number of hydrogen-bond donors (Lipinski definition) is 18. The Labute approximate surface area is 771 Å². The standard InChI is InChI=1S/C22H26N8O10P2S2.C21H24FN9O10P2S2.C21H25N9O10P2S2/c23-11-1-3-25-17-10(11)2-4-29(17)21-15(31)16-13(38-21)7-36-41(33,43)39-12-5-9(6-35-42(34,44)40-16)37-20(12)30-8-26-14-18(30)27-22(24)28-19(14)32;22-10-14-9(39-19(10)30-5-26-11-7(23)1-2-25-16(11)30)4-37-43(35,45)41-15-13(32)8(3-36-42(34,44)40-14)38-20(15)31-6-27-12-17(31)28-21(24)29-18(12)33;22-8-1-2-24-17-13(8)25-6-29(17)12-3-9-10(37-12)4-35-42(34,44)40-16-15(31)11(5-36-41(33,43)39-9)38-20(16)30-7-26-14-18(30)27-21(23)28-19(14)32/h1-4,8-9,12-13,15-16,20-21,31H,5-7H2,(H2,23,25)(H,33,43)(H,34,44)(H3,24,27,28,32);1-2,5-6,8-10,13-15,19-20,32H,3-4H2,(H2,23,25)(H,34,44)(H,35,45)(H3,24,28,29,33);1-2,6-7,9-12,15-16,20,31H,3-5H2,(H2,22,24)(H,33,43)(H,34,44)(H3,23,27,28,32)/t9?,12-,13-,15-,16-,20-,21-,41?,42?;8-,9-,10?,13+,14+,15?,19-,20-,42?,43?;9-,10-,11-,12-,15+,16?,20-,41?,42?/m111/s1. The first-order valence-electron chi connectivity index (χ1n) is 39.2. The molecule has 12 aromatic heterocycles. The van der Waals surface area contributed by atoms with Gasteiger partial charge in [-0.25, -0.2) is 48.8 Å². The predicted octanol–water partition coefficient (Wildman–Crippen LogP) is -0.0494. The van der Waals surface area contributed by atoms with Gasteiger partial charge >= 0.3 is 40.4 Å². The molecule has 714 valence electrons. The highest BCUT2D eigenvalue weighted by Crippen LogP contribution is 2.61. The zero-order valence-electron chi connectivity index (χ0n) is 67.0. The number of nitrogen functional groups attached to an aromatic ring is 6. The minimum absolute atomic E-state index is 0.000451. The molecule has 9 aliphatic heterocycles. The van der Waals surface area contributed by atoms with Gasteiger partial charge in [0.2, 0.25) is 17.8 Å². The fraction of sp³-hybridized carbons (Fsp3) is 0.469. The van der Waals surface area contributed by atoms with Crippen molar-refractivity contribution < 1.29 is 131 Å². The largest absolute Gasteiger partial charge is 0.398 e. The number of imidazole rings is 5. The molecular weight excluding hydrogens is 2010 g/mol. The third kappa shape index (κ3) is 18.9. The smallest absolute Gasteiger partial charge is 0.386 e. The molecule has 0 aliphatic carbocycles. The number of halogens is 1. The number of nitrogens with two attached hydrogens (primary N) is 6. The number of hydrogen-bond acceptors (Lipinski definition) is 47. The summed E-state index contributed by atoms with van der Waals surface area (Å²) in [4.78, 5) is 145. The van der Waals surface area contributed by atoms with Crippen molar-refractivity contribution in [2.75, 3.05) is 74.0 Å². The first kappa shape index (κ1) is 94.5. The summed E-state index contributed by atoms with van der Waals surface area (Å²) in [5.74, 6) is -0.563. The molecule has 21 heterocycles. The van der Waals surface area contributed by atoms with E-state index in [2.05, 4.69) is 82.0 Å². The highest BCUT2D eigenvalue weighted by atomic mass is 32.7. The Balaban J connectivity index is 0.000000129.